The molecule has 31 heavy (non-hydrogen) atoms. The highest BCUT2D eigenvalue weighted by Crippen LogP contribution is 2.33. The summed E-state index contributed by atoms with van der Waals surface area (Å²) in [5.41, 5.74) is 0.970. The lowest BCUT2D eigenvalue weighted by atomic mass is 10.2. The molecule has 0 spiro atoms. The predicted molar refractivity (Wildman–Crippen MR) is 124 cm³/mol. The first-order chi connectivity index (χ1) is 14.8. The Hall–Kier alpha value is -2.72. The van der Waals surface area contributed by atoms with Crippen LogP contribution in [-0.4, -0.2) is 42.2 Å². The highest BCUT2D eigenvalue weighted by molar-refractivity contribution is 9.10. The molecular formula is C21H19Br2N3O5. The topological polar surface area (TPSA) is 92.0 Å². The molecule has 162 valence electrons. The minimum absolute atomic E-state index is 0.247. The molecule has 0 atom stereocenters. The fourth-order valence-corrected chi connectivity index (χ4v) is 3.53. The van der Waals surface area contributed by atoms with E-state index in [2.05, 4.69) is 46.7 Å². The van der Waals surface area contributed by atoms with Gasteiger partial charge in [-0.25, -0.2) is 9.78 Å². The third kappa shape index (κ3) is 5.31. The Kier molecular flexibility index (Phi) is 7.45. The van der Waals surface area contributed by atoms with E-state index in [0.29, 0.717) is 44.9 Å². The minimum atomic E-state index is -0.505. The van der Waals surface area contributed by atoms with E-state index in [1.54, 1.807) is 31.2 Å². The van der Waals surface area contributed by atoms with Crippen molar-refractivity contribution < 1.29 is 19.0 Å². The molecule has 0 aliphatic rings. The van der Waals surface area contributed by atoms with Gasteiger partial charge in [-0.1, -0.05) is 15.9 Å². The molecule has 1 aromatic heterocycles. The van der Waals surface area contributed by atoms with Gasteiger partial charge in [0.1, 0.15) is 5.82 Å². The number of halogens is 2. The number of fused-ring (bicyclic) bond motifs is 1. The molecule has 10 heteroatoms. The summed E-state index contributed by atoms with van der Waals surface area (Å²) in [7, 11) is 1.29. The number of esters is 1. The van der Waals surface area contributed by atoms with E-state index in [9.17, 15) is 9.59 Å². The van der Waals surface area contributed by atoms with Crippen LogP contribution in [0.4, 0.5) is 0 Å². The van der Waals surface area contributed by atoms with E-state index in [4.69, 9.17) is 9.47 Å². The number of aryl methyl sites for hydroxylation is 1. The second-order valence-corrected chi connectivity index (χ2v) is 8.07. The van der Waals surface area contributed by atoms with Crippen LogP contribution in [0.3, 0.4) is 0 Å². The van der Waals surface area contributed by atoms with Crippen LogP contribution in [0.15, 0.2) is 49.2 Å². The van der Waals surface area contributed by atoms with Gasteiger partial charge in [0.15, 0.2) is 18.1 Å². The molecule has 0 amide bonds. The quantitative estimate of drug-likeness (QED) is 0.324. The second-order valence-electron chi connectivity index (χ2n) is 6.30. The third-order valence-electron chi connectivity index (χ3n) is 4.22. The highest BCUT2D eigenvalue weighted by Gasteiger charge is 2.13. The Labute approximate surface area is 195 Å². The van der Waals surface area contributed by atoms with Crippen LogP contribution >= 0.6 is 31.9 Å². The van der Waals surface area contributed by atoms with E-state index in [0.717, 1.165) is 4.47 Å². The fourth-order valence-electron chi connectivity index (χ4n) is 2.74. The summed E-state index contributed by atoms with van der Waals surface area (Å²) in [6.45, 7) is 3.70. The number of carbonyl (C=O) groups excluding carboxylic acids is 1. The number of hydrogen-bond acceptors (Lipinski definition) is 7. The molecule has 0 fully saturated rings. The summed E-state index contributed by atoms with van der Waals surface area (Å²) in [4.78, 5) is 28.7. The molecule has 0 radical (unpaired) electrons. The lowest BCUT2D eigenvalue weighted by Crippen LogP contribution is -2.20. The first kappa shape index (κ1) is 23.0. The van der Waals surface area contributed by atoms with E-state index < -0.39 is 5.97 Å². The Balaban J connectivity index is 1.99. The smallest absolute Gasteiger partial charge is 0.343 e. The third-order valence-corrected chi connectivity index (χ3v) is 5.40. The average molecular weight is 553 g/mol. The van der Waals surface area contributed by atoms with Gasteiger partial charge in [0.25, 0.3) is 5.56 Å². The van der Waals surface area contributed by atoms with Gasteiger partial charge in [-0.15, -0.1) is 0 Å². The highest BCUT2D eigenvalue weighted by atomic mass is 79.9. The molecule has 3 aromatic rings. The number of rotatable bonds is 7. The molecule has 8 nitrogen and oxygen atoms in total. The number of hydrogen-bond donors (Lipinski definition) is 0. The Bertz CT molecular complexity index is 1220. The SMILES string of the molecule is CCOc1cc(C=Nn2c(C)nc3ccc(Br)cc3c2=O)c(Br)cc1OCC(=O)OC. The summed E-state index contributed by atoms with van der Waals surface area (Å²) in [6, 6.07) is 8.69. The van der Waals surface area contributed by atoms with Gasteiger partial charge in [-0.3, -0.25) is 4.79 Å². The lowest BCUT2D eigenvalue weighted by molar-refractivity contribution is -0.142. The minimum Gasteiger partial charge on any atom is -0.490 e. The standard InChI is InChI=1S/C21H19Br2N3O5/c1-4-30-18-7-13(16(23)9-19(18)31-11-20(27)29-3)10-24-26-12(2)25-17-6-5-14(22)8-15(17)21(26)28/h5-10H,4,11H2,1-3H3. The number of benzene rings is 2. The molecule has 1 heterocycles. The molecule has 0 saturated heterocycles. The monoisotopic (exact) mass is 551 g/mol. The Morgan fingerprint density at radius 1 is 1.19 bits per heavy atom. The normalized spacial score (nSPS) is 11.1. The van der Waals surface area contributed by atoms with E-state index in [1.807, 2.05) is 13.0 Å². The zero-order chi connectivity index (χ0) is 22.5. The predicted octanol–water partition coefficient (Wildman–Crippen LogP) is 4.06. The van der Waals surface area contributed by atoms with Gasteiger partial charge >= 0.3 is 5.97 Å². The second kappa shape index (κ2) is 10.1. The Morgan fingerprint density at radius 3 is 2.65 bits per heavy atom. The summed E-state index contributed by atoms with van der Waals surface area (Å²) in [5.74, 6) is 0.757. The molecule has 0 bridgehead atoms. The summed E-state index contributed by atoms with van der Waals surface area (Å²) < 4.78 is 18.4. The first-order valence-corrected chi connectivity index (χ1v) is 10.8. The van der Waals surface area contributed by atoms with Crippen LogP contribution in [0.5, 0.6) is 11.5 Å². The van der Waals surface area contributed by atoms with Gasteiger partial charge in [0, 0.05) is 14.5 Å². The van der Waals surface area contributed by atoms with E-state index in [1.165, 1.54) is 18.0 Å². The maximum absolute atomic E-state index is 12.9. The van der Waals surface area contributed by atoms with Crippen molar-refractivity contribution in [3.05, 3.63) is 61.0 Å². The van der Waals surface area contributed by atoms with Gasteiger partial charge in [0.05, 0.1) is 30.8 Å². The zero-order valence-corrected chi connectivity index (χ0v) is 20.2. The van der Waals surface area contributed by atoms with Crippen molar-refractivity contribution in [1.82, 2.24) is 9.66 Å². The van der Waals surface area contributed by atoms with Crippen molar-refractivity contribution in [3.8, 4) is 11.5 Å². The molecule has 0 N–H and O–H groups in total. The van der Waals surface area contributed by atoms with Crippen molar-refractivity contribution in [2.45, 2.75) is 13.8 Å². The van der Waals surface area contributed by atoms with Crippen LogP contribution in [0.1, 0.15) is 18.3 Å². The molecular weight excluding hydrogens is 534 g/mol. The van der Waals surface area contributed by atoms with Crippen LogP contribution in [0.25, 0.3) is 10.9 Å². The van der Waals surface area contributed by atoms with Gasteiger partial charge < -0.3 is 14.2 Å². The van der Waals surface area contributed by atoms with Crippen molar-refractivity contribution in [2.75, 3.05) is 20.3 Å². The van der Waals surface area contributed by atoms with Gasteiger partial charge in [-0.05, 0) is 60.1 Å². The fraction of sp³-hybridized carbons (Fsp3) is 0.238. The van der Waals surface area contributed by atoms with Crippen molar-refractivity contribution in [2.24, 2.45) is 5.10 Å². The maximum Gasteiger partial charge on any atom is 0.343 e. The van der Waals surface area contributed by atoms with Crippen molar-refractivity contribution in [3.63, 3.8) is 0 Å². The van der Waals surface area contributed by atoms with Crippen LogP contribution in [-0.2, 0) is 9.53 Å². The molecule has 0 aliphatic heterocycles. The van der Waals surface area contributed by atoms with Crippen LogP contribution < -0.4 is 15.0 Å². The van der Waals surface area contributed by atoms with E-state index >= 15 is 0 Å². The van der Waals surface area contributed by atoms with Crippen LogP contribution in [0.2, 0.25) is 0 Å². The zero-order valence-electron chi connectivity index (χ0n) is 17.0. The van der Waals surface area contributed by atoms with E-state index in [-0.39, 0.29) is 12.2 Å². The van der Waals surface area contributed by atoms with Crippen molar-refractivity contribution in [1.29, 1.82) is 0 Å². The number of ether oxygens (including phenoxy) is 3. The molecule has 0 saturated carbocycles. The van der Waals surface area contributed by atoms with Gasteiger partial charge in [0.2, 0.25) is 0 Å². The largest absolute Gasteiger partial charge is 0.490 e. The summed E-state index contributed by atoms with van der Waals surface area (Å²) in [6.07, 6.45) is 1.52. The number of nitrogens with zero attached hydrogens (tertiary/aromatic N) is 3. The molecule has 0 unspecified atom stereocenters. The molecule has 0 aliphatic carbocycles. The maximum atomic E-state index is 12.9. The number of carbonyl (C=O) groups is 1. The summed E-state index contributed by atoms with van der Waals surface area (Å²) >= 11 is 6.84. The van der Waals surface area contributed by atoms with Crippen LogP contribution in [0, 0.1) is 6.92 Å². The number of methoxy groups -OCH3 is 1. The Morgan fingerprint density at radius 2 is 1.94 bits per heavy atom. The average Bonchev–Trinajstić information content (AvgIpc) is 2.74. The molecule has 2 aromatic carbocycles. The van der Waals surface area contributed by atoms with Crippen molar-refractivity contribution >= 4 is 54.9 Å². The first-order valence-electron chi connectivity index (χ1n) is 9.23. The lowest BCUT2D eigenvalue weighted by Gasteiger charge is -2.13. The molecule has 3 rings (SSSR count). The van der Waals surface area contributed by atoms with Gasteiger partial charge in [-0.2, -0.15) is 9.78 Å². The summed E-state index contributed by atoms with van der Waals surface area (Å²) in [5, 5.41) is 4.79. The number of aromatic nitrogens is 2.